The highest BCUT2D eigenvalue weighted by Crippen LogP contribution is 2.41. The largest absolute Gasteiger partial charge is 0.399 e. The lowest BCUT2D eigenvalue weighted by Gasteiger charge is -2.29. The molecule has 5 aromatic carbocycles. The average Bonchev–Trinajstić information content (AvgIpc) is 2.93. The molecule has 6 heteroatoms. The zero-order chi connectivity index (χ0) is 28.6. The topological polar surface area (TPSA) is 111 Å². The molecule has 6 nitrogen and oxygen atoms in total. The van der Waals surface area contributed by atoms with Gasteiger partial charge in [0.2, 0.25) is 0 Å². The molecule has 0 bridgehead atoms. The number of hydrogen-bond donors (Lipinski definition) is 4. The second kappa shape index (κ2) is 10.6. The van der Waals surface area contributed by atoms with Gasteiger partial charge in [0.15, 0.2) is 0 Å². The van der Waals surface area contributed by atoms with Crippen molar-refractivity contribution < 1.29 is 0 Å². The summed E-state index contributed by atoms with van der Waals surface area (Å²) in [7, 11) is 0. The molecule has 8 N–H and O–H groups in total. The molecule has 0 aromatic heterocycles. The molecule has 0 saturated carbocycles. The Balaban J connectivity index is 1.63. The first kappa shape index (κ1) is 26.5. The second-order valence-corrected chi connectivity index (χ2v) is 10.4. The van der Waals surface area contributed by atoms with Crippen LogP contribution in [0.5, 0.6) is 0 Å². The van der Waals surface area contributed by atoms with Crippen LogP contribution < -0.4 is 32.7 Å². The Morgan fingerprint density at radius 1 is 0.325 bits per heavy atom. The Morgan fingerprint density at radius 3 is 0.725 bits per heavy atom. The molecule has 5 aromatic rings. The predicted molar refractivity (Wildman–Crippen MR) is 172 cm³/mol. The van der Waals surface area contributed by atoms with Gasteiger partial charge in [0.25, 0.3) is 0 Å². The number of anilines is 10. The smallest absolute Gasteiger partial charge is 0.0465 e. The fraction of sp³-hybridized carbons (Fsp3) is 0.118. The summed E-state index contributed by atoms with van der Waals surface area (Å²) in [6.45, 7) is 8.09. The van der Waals surface area contributed by atoms with E-state index in [0.29, 0.717) is 0 Å². The summed E-state index contributed by atoms with van der Waals surface area (Å²) in [5.74, 6) is 0. The van der Waals surface area contributed by atoms with Crippen LogP contribution in [0.25, 0.3) is 0 Å². The Morgan fingerprint density at radius 2 is 0.525 bits per heavy atom. The van der Waals surface area contributed by atoms with Gasteiger partial charge in [-0.15, -0.1) is 0 Å². The molecule has 0 amide bonds. The number of aryl methyl sites for hydroxylation is 4. The van der Waals surface area contributed by atoms with E-state index in [9.17, 15) is 0 Å². The van der Waals surface area contributed by atoms with Crippen molar-refractivity contribution in [1.29, 1.82) is 0 Å². The summed E-state index contributed by atoms with van der Waals surface area (Å²) < 4.78 is 0. The van der Waals surface area contributed by atoms with E-state index in [-0.39, 0.29) is 0 Å². The van der Waals surface area contributed by atoms with Crippen molar-refractivity contribution in [1.82, 2.24) is 0 Å². The van der Waals surface area contributed by atoms with E-state index >= 15 is 0 Å². The second-order valence-electron chi connectivity index (χ2n) is 10.4. The van der Waals surface area contributed by atoms with Gasteiger partial charge in [-0.2, -0.15) is 0 Å². The van der Waals surface area contributed by atoms with Crippen molar-refractivity contribution in [2.75, 3.05) is 32.7 Å². The third-order valence-corrected chi connectivity index (χ3v) is 7.41. The third kappa shape index (κ3) is 5.12. The van der Waals surface area contributed by atoms with E-state index in [2.05, 4.69) is 58.3 Å². The summed E-state index contributed by atoms with van der Waals surface area (Å²) in [4.78, 5) is 4.43. The molecular weight excluding hydrogens is 492 g/mol. The normalized spacial score (nSPS) is 10.9. The first-order chi connectivity index (χ1) is 19.1. The molecule has 0 saturated heterocycles. The van der Waals surface area contributed by atoms with Crippen molar-refractivity contribution in [2.24, 2.45) is 0 Å². The molecule has 0 aliphatic rings. The lowest BCUT2D eigenvalue weighted by molar-refractivity contribution is 1.24. The number of nitrogens with two attached hydrogens (primary N) is 4. The molecule has 0 aliphatic heterocycles. The van der Waals surface area contributed by atoms with Gasteiger partial charge >= 0.3 is 0 Å². The zero-order valence-electron chi connectivity index (χ0n) is 23.4. The minimum absolute atomic E-state index is 0.765. The summed E-state index contributed by atoms with van der Waals surface area (Å²) in [6.07, 6.45) is 0. The Labute approximate surface area is 236 Å². The van der Waals surface area contributed by atoms with Gasteiger partial charge in [0.1, 0.15) is 0 Å². The number of nitrogens with zero attached hydrogens (tertiary/aromatic N) is 2. The van der Waals surface area contributed by atoms with E-state index in [1.165, 1.54) is 0 Å². The van der Waals surface area contributed by atoms with Crippen molar-refractivity contribution >= 4 is 56.9 Å². The van der Waals surface area contributed by atoms with E-state index < -0.39 is 0 Å². The van der Waals surface area contributed by atoms with Gasteiger partial charge in [-0.1, -0.05) is 0 Å². The molecule has 0 heterocycles. The zero-order valence-corrected chi connectivity index (χ0v) is 23.4. The molecule has 0 aliphatic carbocycles. The molecule has 0 radical (unpaired) electrons. The quantitative estimate of drug-likeness (QED) is 0.165. The number of rotatable bonds is 6. The third-order valence-electron chi connectivity index (χ3n) is 7.41. The fourth-order valence-electron chi connectivity index (χ4n) is 4.84. The van der Waals surface area contributed by atoms with Crippen LogP contribution in [-0.2, 0) is 0 Å². The summed E-state index contributed by atoms with van der Waals surface area (Å²) in [5.41, 5.74) is 37.9. The van der Waals surface area contributed by atoms with Crippen LogP contribution in [0, 0.1) is 27.7 Å². The minimum Gasteiger partial charge on any atom is -0.399 e. The molecule has 5 rings (SSSR count). The number of nitrogen functional groups attached to an aromatic ring is 4. The van der Waals surface area contributed by atoms with Crippen LogP contribution in [0.3, 0.4) is 0 Å². The minimum atomic E-state index is 0.765. The lowest BCUT2D eigenvalue weighted by Crippen LogP contribution is -2.13. The van der Waals surface area contributed by atoms with Gasteiger partial charge in [-0.3, -0.25) is 0 Å². The lowest BCUT2D eigenvalue weighted by atomic mass is 10.1. The van der Waals surface area contributed by atoms with Crippen molar-refractivity contribution in [2.45, 2.75) is 27.7 Å². The van der Waals surface area contributed by atoms with Crippen LogP contribution in [0.1, 0.15) is 22.3 Å². The first-order valence-electron chi connectivity index (χ1n) is 13.3. The van der Waals surface area contributed by atoms with E-state index in [1.54, 1.807) is 0 Å². The summed E-state index contributed by atoms with van der Waals surface area (Å²) in [6, 6.07) is 32.9. The number of benzene rings is 5. The molecule has 202 valence electrons. The van der Waals surface area contributed by atoms with Gasteiger partial charge in [0.05, 0.1) is 0 Å². The SMILES string of the molecule is Cc1cc(N(c2ccc(N(c3ccc(N)c(C)c3)c3ccc(N)c(C)c3)cc2)c2ccc(N)c(C)c2)ccc1N. The Kier molecular flexibility index (Phi) is 7.01. The van der Waals surface area contributed by atoms with Crippen LogP contribution in [0.2, 0.25) is 0 Å². The van der Waals surface area contributed by atoms with Crippen LogP contribution in [0.4, 0.5) is 56.9 Å². The highest BCUT2D eigenvalue weighted by molar-refractivity contribution is 5.83. The highest BCUT2D eigenvalue weighted by atomic mass is 15.2. The van der Waals surface area contributed by atoms with Crippen LogP contribution in [-0.4, -0.2) is 0 Å². The van der Waals surface area contributed by atoms with Crippen molar-refractivity contribution in [3.8, 4) is 0 Å². The Bertz CT molecular complexity index is 1460. The first-order valence-corrected chi connectivity index (χ1v) is 13.3. The van der Waals surface area contributed by atoms with Crippen molar-refractivity contribution in [3.05, 3.63) is 119 Å². The maximum absolute atomic E-state index is 6.16. The average molecular weight is 529 g/mol. The fourth-order valence-corrected chi connectivity index (χ4v) is 4.84. The predicted octanol–water partition coefficient (Wildman–Crippen LogP) is 8.19. The maximum atomic E-state index is 6.16. The molecule has 0 atom stereocenters. The molecular formula is C34H36N6. The summed E-state index contributed by atoms with van der Waals surface area (Å²) in [5, 5.41) is 0. The van der Waals surface area contributed by atoms with Crippen LogP contribution >= 0.6 is 0 Å². The maximum Gasteiger partial charge on any atom is 0.0465 e. The molecule has 0 unspecified atom stereocenters. The standard InChI is InChI=1S/C34H36N6/c1-21-17-27(9-13-31(21)35)39(28-10-14-32(36)22(2)18-28)25-5-7-26(8-6-25)40(29-11-15-33(37)23(3)19-29)30-12-16-34(38)24(4)20-30/h5-20H,35-38H2,1-4H3. The van der Waals surface area contributed by atoms with E-state index in [0.717, 1.165) is 79.1 Å². The van der Waals surface area contributed by atoms with Gasteiger partial charge in [-0.05, 0) is 147 Å². The van der Waals surface area contributed by atoms with Crippen molar-refractivity contribution in [3.63, 3.8) is 0 Å². The Hall–Kier alpha value is -5.10. The highest BCUT2D eigenvalue weighted by Gasteiger charge is 2.18. The monoisotopic (exact) mass is 528 g/mol. The van der Waals surface area contributed by atoms with Gasteiger partial charge in [0, 0.05) is 56.9 Å². The van der Waals surface area contributed by atoms with E-state index in [4.69, 9.17) is 22.9 Å². The van der Waals surface area contributed by atoms with Gasteiger partial charge < -0.3 is 32.7 Å². The molecule has 40 heavy (non-hydrogen) atoms. The number of hydrogen-bond acceptors (Lipinski definition) is 6. The molecule has 0 fully saturated rings. The molecule has 0 spiro atoms. The van der Waals surface area contributed by atoms with Gasteiger partial charge in [-0.25, -0.2) is 0 Å². The van der Waals surface area contributed by atoms with E-state index in [1.807, 2.05) is 76.2 Å². The van der Waals surface area contributed by atoms with Crippen LogP contribution in [0.15, 0.2) is 97.1 Å². The summed E-state index contributed by atoms with van der Waals surface area (Å²) >= 11 is 0.